The van der Waals surface area contributed by atoms with E-state index >= 15 is 0 Å². The van der Waals surface area contributed by atoms with Gasteiger partial charge in [-0.1, -0.05) is 143 Å². The highest BCUT2D eigenvalue weighted by atomic mass is 15.1. The first-order valence-electron chi connectivity index (χ1n) is 18.8. The molecule has 0 N–H and O–H groups in total. The summed E-state index contributed by atoms with van der Waals surface area (Å²) in [4.78, 5) is 2.42. The van der Waals surface area contributed by atoms with Crippen LogP contribution in [0.15, 0.2) is 164 Å². The summed E-state index contributed by atoms with van der Waals surface area (Å²) >= 11 is 0. The summed E-state index contributed by atoms with van der Waals surface area (Å²) in [6.45, 7) is 9.60. The average molecular weight is 678 g/mol. The summed E-state index contributed by atoms with van der Waals surface area (Å²) in [7, 11) is 0. The molecule has 2 aliphatic carbocycles. The van der Waals surface area contributed by atoms with Gasteiger partial charge in [-0.15, -0.1) is 0 Å². The molecule has 0 saturated heterocycles. The number of fused-ring (bicyclic) bond motifs is 13. The molecular weight excluding hydrogens is 639 g/mol. The molecule has 1 heteroatoms. The summed E-state index contributed by atoms with van der Waals surface area (Å²) in [6, 6.07) is 61.3. The van der Waals surface area contributed by atoms with Crippen molar-refractivity contribution in [2.45, 2.75) is 38.5 Å². The highest BCUT2D eigenvalue weighted by Gasteiger charge is 2.39. The molecular formula is C52H39N. The Balaban J connectivity index is 1.06. The zero-order valence-corrected chi connectivity index (χ0v) is 30.5. The van der Waals surface area contributed by atoms with Crippen molar-refractivity contribution in [3.8, 4) is 22.3 Å². The van der Waals surface area contributed by atoms with Crippen molar-refractivity contribution in [1.82, 2.24) is 0 Å². The van der Waals surface area contributed by atoms with Gasteiger partial charge in [0.05, 0.1) is 0 Å². The van der Waals surface area contributed by atoms with E-state index in [-0.39, 0.29) is 10.8 Å². The number of rotatable bonds is 3. The Labute approximate surface area is 310 Å². The van der Waals surface area contributed by atoms with Crippen LogP contribution in [0.3, 0.4) is 0 Å². The van der Waals surface area contributed by atoms with Crippen molar-refractivity contribution in [2.24, 2.45) is 0 Å². The summed E-state index contributed by atoms with van der Waals surface area (Å²) in [6.07, 6.45) is 0. The van der Waals surface area contributed by atoms with Crippen LogP contribution < -0.4 is 4.90 Å². The molecule has 0 aliphatic heterocycles. The molecule has 0 spiro atoms. The Hall–Kier alpha value is -6.18. The van der Waals surface area contributed by atoms with Gasteiger partial charge in [-0.25, -0.2) is 0 Å². The summed E-state index contributed by atoms with van der Waals surface area (Å²) in [5.74, 6) is 0. The number of para-hydroxylation sites is 1. The maximum atomic E-state index is 2.46. The maximum absolute atomic E-state index is 2.46. The monoisotopic (exact) mass is 677 g/mol. The number of hydrogen-bond acceptors (Lipinski definition) is 1. The van der Waals surface area contributed by atoms with Gasteiger partial charge in [0.15, 0.2) is 0 Å². The molecule has 53 heavy (non-hydrogen) atoms. The van der Waals surface area contributed by atoms with Crippen molar-refractivity contribution in [3.05, 3.63) is 186 Å². The first-order valence-corrected chi connectivity index (χ1v) is 18.8. The van der Waals surface area contributed by atoms with Crippen LogP contribution in [0.4, 0.5) is 17.1 Å². The molecule has 0 amide bonds. The van der Waals surface area contributed by atoms with E-state index in [0.717, 1.165) is 17.1 Å². The van der Waals surface area contributed by atoms with E-state index in [0.29, 0.717) is 0 Å². The fraction of sp³-hybridized carbons (Fsp3) is 0.115. The fourth-order valence-corrected chi connectivity index (χ4v) is 10.1. The van der Waals surface area contributed by atoms with Crippen LogP contribution in [0.2, 0.25) is 0 Å². The van der Waals surface area contributed by atoms with E-state index in [1.807, 2.05) is 0 Å². The van der Waals surface area contributed by atoms with Gasteiger partial charge < -0.3 is 4.90 Å². The van der Waals surface area contributed by atoms with Crippen LogP contribution in [0, 0.1) is 0 Å². The van der Waals surface area contributed by atoms with Gasteiger partial charge in [0.2, 0.25) is 0 Å². The number of hydrogen-bond donors (Lipinski definition) is 0. The Morgan fingerprint density at radius 1 is 0.321 bits per heavy atom. The molecule has 0 heterocycles. The molecule has 2 aliphatic rings. The lowest BCUT2D eigenvalue weighted by molar-refractivity contribution is 0.667. The largest absolute Gasteiger partial charge is 0.310 e. The normalized spacial score (nSPS) is 14.7. The van der Waals surface area contributed by atoms with E-state index in [1.54, 1.807) is 0 Å². The topological polar surface area (TPSA) is 3.24 Å². The smallest absolute Gasteiger partial charge is 0.0468 e. The minimum Gasteiger partial charge on any atom is -0.310 e. The molecule has 0 saturated carbocycles. The lowest BCUT2D eigenvalue weighted by atomic mass is 9.78. The van der Waals surface area contributed by atoms with Gasteiger partial charge in [-0.05, 0) is 136 Å². The zero-order valence-electron chi connectivity index (χ0n) is 30.5. The highest BCUT2D eigenvalue weighted by molar-refractivity contribution is 6.05. The summed E-state index contributed by atoms with van der Waals surface area (Å²) < 4.78 is 0. The van der Waals surface area contributed by atoms with Crippen LogP contribution in [0.5, 0.6) is 0 Å². The molecule has 0 fully saturated rings. The van der Waals surface area contributed by atoms with Gasteiger partial charge >= 0.3 is 0 Å². The molecule has 0 bridgehead atoms. The van der Waals surface area contributed by atoms with Crippen molar-refractivity contribution in [2.75, 3.05) is 4.90 Å². The van der Waals surface area contributed by atoms with Crippen molar-refractivity contribution in [3.63, 3.8) is 0 Å². The van der Waals surface area contributed by atoms with Crippen LogP contribution >= 0.6 is 0 Å². The Kier molecular flexibility index (Phi) is 6.14. The first kappa shape index (κ1) is 30.4. The highest BCUT2D eigenvalue weighted by Crippen LogP contribution is 2.55. The second-order valence-corrected chi connectivity index (χ2v) is 16.2. The van der Waals surface area contributed by atoms with E-state index < -0.39 is 0 Å². The lowest BCUT2D eigenvalue weighted by Crippen LogP contribution is -2.16. The van der Waals surface area contributed by atoms with Crippen molar-refractivity contribution >= 4 is 60.2 Å². The molecule has 0 radical (unpaired) electrons. The minimum atomic E-state index is -0.121. The zero-order chi connectivity index (χ0) is 35.6. The third-order valence-electron chi connectivity index (χ3n) is 12.5. The van der Waals surface area contributed by atoms with Crippen LogP contribution in [-0.2, 0) is 10.8 Å². The standard InChI is InChI=1S/C52H39N/c1-51(2)47-31-36-29-38(22-18-34(36)30-46(47)45-25-20-32-12-8-10-16-40(32)48(45)51)53(37-14-6-5-7-15-37)39-23-27-42-35(28-39)21-26-44-43-24-19-33-13-9-11-17-41(33)49(43)52(3,4)50(42)44/h5-31H,1-4H3. The second kappa shape index (κ2) is 10.7. The predicted molar refractivity (Wildman–Crippen MR) is 226 cm³/mol. The van der Waals surface area contributed by atoms with E-state index in [9.17, 15) is 0 Å². The van der Waals surface area contributed by atoms with Gasteiger partial charge in [-0.3, -0.25) is 0 Å². The third kappa shape index (κ3) is 4.20. The van der Waals surface area contributed by atoms with Crippen molar-refractivity contribution in [1.29, 1.82) is 0 Å². The molecule has 0 atom stereocenters. The van der Waals surface area contributed by atoms with Crippen LogP contribution in [0.1, 0.15) is 49.9 Å². The second-order valence-electron chi connectivity index (χ2n) is 16.2. The van der Waals surface area contributed by atoms with Gasteiger partial charge in [-0.2, -0.15) is 0 Å². The summed E-state index contributed by atoms with van der Waals surface area (Å²) in [5.41, 5.74) is 14.4. The molecule has 11 rings (SSSR count). The van der Waals surface area contributed by atoms with E-state index in [4.69, 9.17) is 0 Å². The minimum absolute atomic E-state index is 0.104. The Morgan fingerprint density at radius 3 is 1.47 bits per heavy atom. The summed E-state index contributed by atoms with van der Waals surface area (Å²) in [5, 5.41) is 10.4. The Morgan fingerprint density at radius 2 is 0.811 bits per heavy atom. The van der Waals surface area contributed by atoms with Crippen molar-refractivity contribution < 1.29 is 0 Å². The van der Waals surface area contributed by atoms with Crippen LogP contribution in [0.25, 0.3) is 65.3 Å². The van der Waals surface area contributed by atoms with Gasteiger partial charge in [0.25, 0.3) is 0 Å². The molecule has 0 unspecified atom stereocenters. The predicted octanol–water partition coefficient (Wildman–Crippen LogP) is 14.4. The Bertz CT molecular complexity index is 2980. The van der Waals surface area contributed by atoms with E-state index in [2.05, 4.69) is 196 Å². The maximum Gasteiger partial charge on any atom is 0.0468 e. The number of benzene rings is 9. The quantitative estimate of drug-likeness (QED) is 0.180. The SMILES string of the molecule is CC1(C)c2cc3cc(N(c4ccccc4)c4ccc5c6c(ccc5c4)-c4ccc5ccccc5c4C6(C)C)ccc3cc2-c2ccc3ccccc3c21. The van der Waals surface area contributed by atoms with Crippen LogP contribution in [-0.4, -0.2) is 0 Å². The van der Waals surface area contributed by atoms with Gasteiger partial charge in [0, 0.05) is 27.9 Å². The third-order valence-corrected chi connectivity index (χ3v) is 12.5. The molecule has 1 nitrogen and oxygen atoms in total. The van der Waals surface area contributed by atoms with E-state index in [1.165, 1.54) is 87.6 Å². The number of anilines is 3. The molecule has 252 valence electrons. The number of nitrogens with zero attached hydrogens (tertiary/aromatic N) is 1. The lowest BCUT2D eigenvalue weighted by Gasteiger charge is -2.28. The molecule has 0 aromatic heterocycles. The average Bonchev–Trinajstić information content (AvgIpc) is 3.57. The van der Waals surface area contributed by atoms with Gasteiger partial charge in [0.1, 0.15) is 0 Å². The first-order chi connectivity index (χ1) is 25.8. The fourth-order valence-electron chi connectivity index (χ4n) is 10.1. The molecule has 9 aromatic rings. The molecule has 9 aromatic carbocycles.